The minimum Gasteiger partial charge on any atom is -0.199 e. The van der Waals surface area contributed by atoms with Gasteiger partial charge < -0.3 is 0 Å². The number of hydrogen-bond donors (Lipinski definition) is 0. The summed E-state index contributed by atoms with van der Waals surface area (Å²) in [5, 5.41) is 0. The lowest BCUT2D eigenvalue weighted by molar-refractivity contribution is 0.598. The zero-order chi connectivity index (χ0) is 17.8. The van der Waals surface area contributed by atoms with Gasteiger partial charge in [-0.05, 0) is 31.9 Å². The van der Waals surface area contributed by atoms with Gasteiger partial charge in [0.2, 0.25) is 0 Å². The summed E-state index contributed by atoms with van der Waals surface area (Å²) >= 11 is 0. The quantitative estimate of drug-likeness (QED) is 0.446. The maximum atomic E-state index is 12.6. The van der Waals surface area contributed by atoms with Crippen LogP contribution in [-0.2, 0) is 20.7 Å². The lowest BCUT2D eigenvalue weighted by atomic mass is 10.2. The fraction of sp³-hybridized carbons (Fsp3) is 0.684. The van der Waals surface area contributed by atoms with Crippen LogP contribution in [0.5, 0.6) is 0 Å². The number of benzene rings is 1. The van der Waals surface area contributed by atoms with E-state index in [0.717, 1.165) is 29.9 Å². The molecule has 138 valence electrons. The zero-order valence-electron chi connectivity index (χ0n) is 15.5. The van der Waals surface area contributed by atoms with E-state index in [1.807, 2.05) is 19.1 Å². The van der Waals surface area contributed by atoms with Crippen LogP contribution in [0.1, 0.15) is 70.8 Å². The monoisotopic (exact) mass is 371 g/mol. The predicted molar refractivity (Wildman–Crippen MR) is 106 cm³/mol. The first-order valence-electron chi connectivity index (χ1n) is 9.22. The van der Waals surface area contributed by atoms with Crippen LogP contribution in [0.3, 0.4) is 0 Å². The summed E-state index contributed by atoms with van der Waals surface area (Å²) in [6.45, 7) is 6.34. The minimum atomic E-state index is -3.52. The molecule has 0 aliphatic rings. The lowest BCUT2D eigenvalue weighted by Gasteiger charge is -2.09. The highest BCUT2D eigenvalue weighted by Crippen LogP contribution is 2.16. The Morgan fingerprint density at radius 1 is 0.833 bits per heavy atom. The molecule has 0 N–H and O–H groups in total. The predicted octanol–water partition coefficient (Wildman–Crippen LogP) is 5.65. The Morgan fingerprint density at radius 3 is 1.79 bits per heavy atom. The van der Waals surface area contributed by atoms with Crippen molar-refractivity contribution < 1.29 is 8.42 Å². The number of hydrogen-bond acceptors (Lipinski definition) is 2. The van der Waals surface area contributed by atoms with Gasteiger partial charge >= 0.3 is 0 Å². The zero-order valence-corrected chi connectivity index (χ0v) is 17.1. The van der Waals surface area contributed by atoms with Gasteiger partial charge in [-0.15, -0.1) is 3.77 Å². The fourth-order valence-electron chi connectivity index (χ4n) is 2.46. The first kappa shape index (κ1) is 21.4. The van der Waals surface area contributed by atoms with Gasteiger partial charge in [0.15, 0.2) is 0 Å². The molecule has 0 heterocycles. The molecule has 1 rings (SSSR count). The second kappa shape index (κ2) is 11.8. The Balaban J connectivity index is 2.80. The van der Waals surface area contributed by atoms with Crippen molar-refractivity contribution in [3.8, 4) is 0 Å². The van der Waals surface area contributed by atoms with E-state index in [4.69, 9.17) is 0 Å². The van der Waals surface area contributed by atoms with E-state index in [-0.39, 0.29) is 10.7 Å². The van der Waals surface area contributed by atoms with Gasteiger partial charge in [-0.2, -0.15) is 8.42 Å². The third-order valence-electron chi connectivity index (χ3n) is 3.99. The van der Waals surface area contributed by atoms with Gasteiger partial charge in [0.25, 0.3) is 10.0 Å². The molecule has 0 aliphatic carbocycles. The van der Waals surface area contributed by atoms with E-state index in [2.05, 4.69) is 17.6 Å². The number of nitrogens with zero attached hydrogens (tertiary/aromatic N) is 1. The first-order chi connectivity index (χ1) is 11.5. The molecule has 1 aromatic carbocycles. The van der Waals surface area contributed by atoms with Crippen molar-refractivity contribution in [1.29, 1.82) is 0 Å². The standard InChI is InChI=1S/C19H33NO2S2/c1-4-6-8-10-16-23(17-11-9-7-5-2)20-24(21,22)19-14-12-18(3)13-15-19/h12-15H,4-11,16-17H2,1-3H3. The molecule has 0 fully saturated rings. The molecule has 1 aromatic rings. The highest BCUT2D eigenvalue weighted by Gasteiger charge is 2.13. The average molecular weight is 372 g/mol. The van der Waals surface area contributed by atoms with Gasteiger partial charge in [-0.3, -0.25) is 0 Å². The molecule has 24 heavy (non-hydrogen) atoms. The lowest BCUT2D eigenvalue weighted by Crippen LogP contribution is -2.07. The van der Waals surface area contributed by atoms with Crippen LogP contribution in [0.2, 0.25) is 0 Å². The Kier molecular flexibility index (Phi) is 10.5. The summed E-state index contributed by atoms with van der Waals surface area (Å²) in [7, 11) is -3.89. The molecule has 5 heteroatoms. The van der Waals surface area contributed by atoms with Crippen LogP contribution in [0, 0.1) is 6.92 Å². The molecule has 0 saturated carbocycles. The Labute approximate surface area is 151 Å². The van der Waals surface area contributed by atoms with Gasteiger partial charge in [-0.1, -0.05) is 80.8 Å². The molecule has 0 aromatic heterocycles. The van der Waals surface area contributed by atoms with Crippen molar-refractivity contribution in [3.63, 3.8) is 0 Å². The summed E-state index contributed by atoms with van der Waals surface area (Å²) in [6.07, 6.45) is 9.35. The topological polar surface area (TPSA) is 46.5 Å². The summed E-state index contributed by atoms with van der Waals surface area (Å²) in [5.74, 6) is 1.83. The van der Waals surface area contributed by atoms with E-state index >= 15 is 0 Å². The molecule has 0 bridgehead atoms. The summed E-state index contributed by atoms with van der Waals surface area (Å²) in [5.41, 5.74) is 1.06. The van der Waals surface area contributed by atoms with E-state index in [9.17, 15) is 8.42 Å². The van der Waals surface area contributed by atoms with Crippen molar-refractivity contribution in [2.45, 2.75) is 77.0 Å². The van der Waals surface area contributed by atoms with Crippen molar-refractivity contribution in [2.75, 3.05) is 11.5 Å². The van der Waals surface area contributed by atoms with Crippen LogP contribution in [0.4, 0.5) is 0 Å². The Bertz CT molecular complexity index is 578. The van der Waals surface area contributed by atoms with E-state index in [0.29, 0.717) is 4.90 Å². The largest absolute Gasteiger partial charge is 0.287 e. The number of aryl methyl sites for hydroxylation is 1. The fourth-order valence-corrected chi connectivity index (χ4v) is 6.27. The van der Waals surface area contributed by atoms with Crippen molar-refractivity contribution in [3.05, 3.63) is 29.8 Å². The van der Waals surface area contributed by atoms with Gasteiger partial charge in [-0.25, -0.2) is 0 Å². The third-order valence-corrected chi connectivity index (χ3v) is 8.01. The maximum absolute atomic E-state index is 12.6. The molecular formula is C19H33NO2S2. The summed E-state index contributed by atoms with van der Waals surface area (Å²) < 4.78 is 29.4. The van der Waals surface area contributed by atoms with Gasteiger partial charge in [0.05, 0.1) is 4.90 Å². The number of unbranched alkanes of at least 4 members (excludes halogenated alkanes) is 6. The summed E-state index contributed by atoms with van der Waals surface area (Å²) in [4.78, 5) is 0.327. The van der Waals surface area contributed by atoms with Gasteiger partial charge in [0, 0.05) is 11.5 Å². The van der Waals surface area contributed by atoms with Crippen LogP contribution >= 0.6 is 0 Å². The van der Waals surface area contributed by atoms with Crippen LogP contribution in [0.25, 0.3) is 0 Å². The van der Waals surface area contributed by atoms with E-state index in [1.54, 1.807) is 12.1 Å². The number of sulfonamides is 1. The van der Waals surface area contributed by atoms with E-state index in [1.165, 1.54) is 38.5 Å². The first-order valence-corrected chi connectivity index (χ1v) is 12.2. The van der Waals surface area contributed by atoms with Crippen molar-refractivity contribution in [2.24, 2.45) is 3.77 Å². The SMILES string of the molecule is CCCCCCS(CCCCCC)=NS(=O)(=O)c1ccc(C)cc1. The van der Waals surface area contributed by atoms with Crippen LogP contribution in [0.15, 0.2) is 32.9 Å². The molecule has 0 atom stereocenters. The Hall–Kier alpha value is -0.680. The second-order valence-corrected chi connectivity index (χ2v) is 10.1. The highest BCUT2D eigenvalue weighted by atomic mass is 32.3. The molecule has 0 amide bonds. The minimum absolute atomic E-state index is 0.327. The number of rotatable bonds is 12. The van der Waals surface area contributed by atoms with Crippen molar-refractivity contribution in [1.82, 2.24) is 0 Å². The Morgan fingerprint density at radius 2 is 1.33 bits per heavy atom. The molecule has 0 radical (unpaired) electrons. The second-order valence-electron chi connectivity index (χ2n) is 6.35. The normalized spacial score (nSPS) is 11.8. The van der Waals surface area contributed by atoms with Gasteiger partial charge in [0.1, 0.15) is 0 Å². The molecular weight excluding hydrogens is 338 g/mol. The molecule has 3 nitrogen and oxygen atoms in total. The van der Waals surface area contributed by atoms with E-state index < -0.39 is 10.0 Å². The average Bonchev–Trinajstić information content (AvgIpc) is 2.55. The van der Waals surface area contributed by atoms with Crippen LogP contribution in [-0.4, -0.2) is 19.9 Å². The molecule has 0 aliphatic heterocycles. The molecule has 0 unspecified atom stereocenters. The maximum Gasteiger partial charge on any atom is 0.287 e. The summed E-state index contributed by atoms with van der Waals surface area (Å²) in [6, 6.07) is 7.01. The third kappa shape index (κ3) is 8.43. The van der Waals surface area contributed by atoms with Crippen molar-refractivity contribution >= 4 is 20.7 Å². The molecule has 0 saturated heterocycles. The van der Waals surface area contributed by atoms with Crippen LogP contribution < -0.4 is 0 Å². The smallest absolute Gasteiger partial charge is 0.199 e. The molecule has 0 spiro atoms. The highest BCUT2D eigenvalue weighted by molar-refractivity contribution is 8.00.